The van der Waals surface area contributed by atoms with E-state index in [0.717, 1.165) is 13.1 Å². The first-order chi connectivity index (χ1) is 4.02. The predicted octanol–water partition coefficient (Wildman–Crippen LogP) is 2.50. The highest BCUT2D eigenvalue weighted by Crippen LogP contribution is 2.21. The predicted molar refractivity (Wildman–Crippen MR) is 51.0 cm³/mol. The molecular formula is C7H16IN. The molecule has 0 heterocycles. The average Bonchev–Trinajstić information content (AvgIpc) is 1.65. The Morgan fingerprint density at radius 1 is 1.22 bits per heavy atom. The molecule has 2 heteroatoms. The first-order valence-electron chi connectivity index (χ1n) is 3.46. The van der Waals surface area contributed by atoms with Gasteiger partial charge in [0.15, 0.2) is 0 Å². The third-order valence-electron chi connectivity index (χ3n) is 1.52. The maximum atomic E-state index is 2.46. The summed E-state index contributed by atoms with van der Waals surface area (Å²) in [4.78, 5) is 2.42. The third kappa shape index (κ3) is 3.40. The number of nitrogens with zero attached hydrogens (tertiary/aromatic N) is 1. The molecular weight excluding hydrogens is 225 g/mol. The van der Waals surface area contributed by atoms with Gasteiger partial charge in [-0.3, -0.25) is 4.90 Å². The van der Waals surface area contributed by atoms with Gasteiger partial charge in [-0.1, -0.05) is 36.4 Å². The van der Waals surface area contributed by atoms with Crippen molar-refractivity contribution in [3.8, 4) is 0 Å². The fourth-order valence-corrected chi connectivity index (χ4v) is 1.66. The first kappa shape index (κ1) is 9.69. The van der Waals surface area contributed by atoms with Crippen LogP contribution in [0.25, 0.3) is 0 Å². The van der Waals surface area contributed by atoms with Gasteiger partial charge in [0.1, 0.15) is 0 Å². The molecule has 0 aliphatic carbocycles. The fraction of sp³-hybridized carbons (Fsp3) is 1.00. The molecule has 0 N–H and O–H groups in total. The van der Waals surface area contributed by atoms with Crippen LogP contribution in [0, 0.1) is 0 Å². The van der Waals surface area contributed by atoms with E-state index in [1.807, 2.05) is 0 Å². The lowest BCUT2D eigenvalue weighted by Crippen LogP contribution is -2.38. The molecule has 0 spiro atoms. The molecule has 0 saturated carbocycles. The molecule has 0 atom stereocenters. The highest BCUT2D eigenvalue weighted by Gasteiger charge is 2.18. The molecule has 0 aromatic heterocycles. The van der Waals surface area contributed by atoms with E-state index in [4.69, 9.17) is 0 Å². The summed E-state index contributed by atoms with van der Waals surface area (Å²) in [6.07, 6.45) is 0. The lowest BCUT2D eigenvalue weighted by Gasteiger charge is -2.31. The van der Waals surface area contributed by atoms with Crippen molar-refractivity contribution in [1.29, 1.82) is 0 Å². The first-order valence-corrected chi connectivity index (χ1v) is 4.54. The average molecular weight is 241 g/mol. The molecule has 0 aromatic carbocycles. The zero-order valence-corrected chi connectivity index (χ0v) is 8.90. The second-order valence-electron chi connectivity index (χ2n) is 2.58. The van der Waals surface area contributed by atoms with E-state index in [1.54, 1.807) is 0 Å². The third-order valence-corrected chi connectivity index (χ3v) is 2.20. The standard InChI is InChI=1S/C7H16IN/c1-5-9(6-2)7(3,4)8/h5-6H2,1-4H3. The van der Waals surface area contributed by atoms with Gasteiger partial charge in [0.05, 0.1) is 3.55 Å². The minimum Gasteiger partial charge on any atom is -0.290 e. The van der Waals surface area contributed by atoms with Crippen LogP contribution in [0.2, 0.25) is 0 Å². The molecule has 0 bridgehead atoms. The second-order valence-corrected chi connectivity index (χ2v) is 5.22. The Balaban J connectivity index is 3.79. The van der Waals surface area contributed by atoms with E-state index in [0.29, 0.717) is 3.55 Å². The lowest BCUT2D eigenvalue weighted by atomic mass is 10.3. The maximum Gasteiger partial charge on any atom is 0.0673 e. The van der Waals surface area contributed by atoms with Gasteiger partial charge in [-0.2, -0.15) is 0 Å². The molecule has 56 valence electrons. The monoisotopic (exact) mass is 241 g/mol. The van der Waals surface area contributed by atoms with Gasteiger partial charge in [0, 0.05) is 0 Å². The summed E-state index contributed by atoms with van der Waals surface area (Å²) >= 11 is 2.46. The molecule has 0 saturated heterocycles. The summed E-state index contributed by atoms with van der Waals surface area (Å²) in [7, 11) is 0. The van der Waals surface area contributed by atoms with Crippen LogP contribution in [-0.2, 0) is 0 Å². The Hall–Kier alpha value is 0.690. The molecule has 1 nitrogen and oxygen atoms in total. The summed E-state index contributed by atoms with van der Waals surface area (Å²) in [5.41, 5.74) is 0. The van der Waals surface area contributed by atoms with Gasteiger partial charge in [-0.25, -0.2) is 0 Å². The quantitative estimate of drug-likeness (QED) is 0.417. The summed E-state index contributed by atoms with van der Waals surface area (Å²) in [5, 5.41) is 0. The molecule has 0 fully saturated rings. The van der Waals surface area contributed by atoms with Gasteiger partial charge >= 0.3 is 0 Å². The smallest absolute Gasteiger partial charge is 0.0673 e. The van der Waals surface area contributed by atoms with Crippen LogP contribution < -0.4 is 0 Å². The van der Waals surface area contributed by atoms with Gasteiger partial charge in [-0.05, 0) is 26.9 Å². The fourth-order valence-electron chi connectivity index (χ4n) is 0.976. The second kappa shape index (κ2) is 3.76. The van der Waals surface area contributed by atoms with E-state index in [2.05, 4.69) is 55.2 Å². The van der Waals surface area contributed by atoms with E-state index in [9.17, 15) is 0 Å². The summed E-state index contributed by atoms with van der Waals surface area (Å²) in [6, 6.07) is 0. The molecule has 0 aromatic rings. The molecule has 0 unspecified atom stereocenters. The topological polar surface area (TPSA) is 3.24 Å². The molecule has 0 aliphatic heterocycles. The van der Waals surface area contributed by atoms with Crippen LogP contribution in [0.15, 0.2) is 0 Å². The zero-order valence-electron chi connectivity index (χ0n) is 6.74. The number of alkyl halides is 1. The Morgan fingerprint density at radius 2 is 1.56 bits per heavy atom. The zero-order chi connectivity index (χ0) is 7.49. The van der Waals surface area contributed by atoms with Crippen LogP contribution in [0.4, 0.5) is 0 Å². The Morgan fingerprint density at radius 3 is 1.56 bits per heavy atom. The van der Waals surface area contributed by atoms with Crippen molar-refractivity contribution in [3.05, 3.63) is 0 Å². The summed E-state index contributed by atoms with van der Waals surface area (Å²) in [6.45, 7) is 11.2. The number of halogens is 1. The number of rotatable bonds is 3. The molecule has 0 aliphatic rings. The molecule has 0 radical (unpaired) electrons. The van der Waals surface area contributed by atoms with E-state index in [-0.39, 0.29) is 0 Å². The Kier molecular flexibility index (Phi) is 4.05. The number of hydrogen-bond acceptors (Lipinski definition) is 1. The molecule has 0 rings (SSSR count). The molecule has 9 heavy (non-hydrogen) atoms. The van der Waals surface area contributed by atoms with Crippen LogP contribution >= 0.6 is 22.6 Å². The van der Waals surface area contributed by atoms with Gasteiger partial charge in [0.2, 0.25) is 0 Å². The van der Waals surface area contributed by atoms with E-state index in [1.165, 1.54) is 0 Å². The Labute approximate surface area is 72.0 Å². The van der Waals surface area contributed by atoms with Crippen molar-refractivity contribution in [1.82, 2.24) is 4.90 Å². The van der Waals surface area contributed by atoms with E-state index >= 15 is 0 Å². The van der Waals surface area contributed by atoms with Crippen LogP contribution in [-0.4, -0.2) is 21.5 Å². The van der Waals surface area contributed by atoms with Crippen LogP contribution in [0.3, 0.4) is 0 Å². The van der Waals surface area contributed by atoms with Crippen molar-refractivity contribution >= 4 is 22.6 Å². The van der Waals surface area contributed by atoms with Crippen molar-refractivity contribution in [2.75, 3.05) is 13.1 Å². The highest BCUT2D eigenvalue weighted by atomic mass is 127. The summed E-state index contributed by atoms with van der Waals surface area (Å²) in [5.74, 6) is 0. The van der Waals surface area contributed by atoms with E-state index < -0.39 is 0 Å². The largest absolute Gasteiger partial charge is 0.290 e. The summed E-state index contributed by atoms with van der Waals surface area (Å²) < 4.78 is 0.321. The van der Waals surface area contributed by atoms with Crippen LogP contribution in [0.1, 0.15) is 27.7 Å². The van der Waals surface area contributed by atoms with Crippen LogP contribution in [0.5, 0.6) is 0 Å². The van der Waals surface area contributed by atoms with Gasteiger partial charge < -0.3 is 0 Å². The lowest BCUT2D eigenvalue weighted by molar-refractivity contribution is 0.233. The minimum absolute atomic E-state index is 0.321. The Bertz CT molecular complexity index is 71.5. The molecule has 0 amide bonds. The minimum atomic E-state index is 0.321. The van der Waals surface area contributed by atoms with Crippen molar-refractivity contribution in [2.45, 2.75) is 31.2 Å². The number of hydrogen-bond donors (Lipinski definition) is 0. The SMILES string of the molecule is CCN(CC)C(C)(C)I. The highest BCUT2D eigenvalue weighted by molar-refractivity contribution is 14.1. The van der Waals surface area contributed by atoms with Crippen molar-refractivity contribution in [2.24, 2.45) is 0 Å². The van der Waals surface area contributed by atoms with Gasteiger partial charge in [0.25, 0.3) is 0 Å². The van der Waals surface area contributed by atoms with Gasteiger partial charge in [-0.15, -0.1) is 0 Å². The van der Waals surface area contributed by atoms with Crippen molar-refractivity contribution < 1.29 is 0 Å². The van der Waals surface area contributed by atoms with Crippen molar-refractivity contribution in [3.63, 3.8) is 0 Å². The maximum absolute atomic E-state index is 2.46. The normalized spacial score (nSPS) is 12.7.